The van der Waals surface area contributed by atoms with Crippen LogP contribution in [0.1, 0.15) is 12.0 Å². The van der Waals surface area contributed by atoms with Crippen molar-refractivity contribution in [2.24, 2.45) is 0 Å². The normalized spacial score (nSPS) is 19.0. The summed E-state index contributed by atoms with van der Waals surface area (Å²) in [5, 5.41) is 0. The predicted octanol–water partition coefficient (Wildman–Crippen LogP) is 2.17. The van der Waals surface area contributed by atoms with Gasteiger partial charge in [-0.1, -0.05) is 24.3 Å². The Morgan fingerprint density at radius 3 is 2.88 bits per heavy atom. The third kappa shape index (κ3) is 2.84. The lowest BCUT2D eigenvalue weighted by Crippen LogP contribution is -2.24. The average Bonchev–Trinajstić information content (AvgIpc) is 2.67. The minimum atomic E-state index is -3.08. The van der Waals surface area contributed by atoms with E-state index < -0.39 is 10.0 Å². The third-order valence-electron chi connectivity index (χ3n) is 2.67. The van der Waals surface area contributed by atoms with Gasteiger partial charge >= 0.3 is 0 Å². The number of hydrogen-bond acceptors (Lipinski definition) is 3. The second kappa shape index (κ2) is 5.14. The largest absolute Gasteiger partial charge is 0.270 e. The van der Waals surface area contributed by atoms with Gasteiger partial charge in [0.15, 0.2) is 0 Å². The highest BCUT2D eigenvalue weighted by atomic mass is 32.2. The van der Waals surface area contributed by atoms with Gasteiger partial charge in [0.05, 0.1) is 11.4 Å². The monoisotopic (exact) mass is 269 g/mol. The molecule has 92 valence electrons. The minimum absolute atomic E-state index is 0.254. The van der Waals surface area contributed by atoms with Crippen LogP contribution in [0, 0.1) is 0 Å². The van der Waals surface area contributed by atoms with Crippen molar-refractivity contribution in [1.82, 2.24) is 0 Å². The maximum atomic E-state index is 11.8. The van der Waals surface area contributed by atoms with Gasteiger partial charge in [-0.2, -0.15) is 12.6 Å². The van der Waals surface area contributed by atoms with Gasteiger partial charge in [-0.3, -0.25) is 4.31 Å². The van der Waals surface area contributed by atoms with Gasteiger partial charge in [0.25, 0.3) is 0 Å². The van der Waals surface area contributed by atoms with Crippen LogP contribution in [-0.4, -0.2) is 26.5 Å². The van der Waals surface area contributed by atoms with E-state index in [4.69, 9.17) is 0 Å². The molecule has 0 radical (unpaired) electrons. The molecule has 0 bridgehead atoms. The number of anilines is 1. The molecule has 0 spiro atoms. The first-order valence-corrected chi connectivity index (χ1v) is 7.75. The van der Waals surface area contributed by atoms with E-state index in [1.807, 2.05) is 36.4 Å². The van der Waals surface area contributed by atoms with Crippen molar-refractivity contribution in [2.75, 3.05) is 22.4 Å². The molecule has 1 fully saturated rings. The fourth-order valence-corrected chi connectivity index (χ4v) is 3.56. The molecule has 17 heavy (non-hydrogen) atoms. The Morgan fingerprint density at radius 1 is 1.41 bits per heavy atom. The smallest absolute Gasteiger partial charge is 0.235 e. The summed E-state index contributed by atoms with van der Waals surface area (Å²) in [6.07, 6.45) is 4.58. The van der Waals surface area contributed by atoms with Crippen LogP contribution in [0.5, 0.6) is 0 Å². The van der Waals surface area contributed by atoms with Crippen molar-refractivity contribution in [3.63, 3.8) is 0 Å². The van der Waals surface area contributed by atoms with Crippen molar-refractivity contribution < 1.29 is 8.42 Å². The lowest BCUT2D eigenvalue weighted by molar-refractivity contribution is 0.599. The maximum absolute atomic E-state index is 11.8. The van der Waals surface area contributed by atoms with Crippen molar-refractivity contribution in [1.29, 1.82) is 0 Å². The van der Waals surface area contributed by atoms with Crippen LogP contribution in [0.15, 0.2) is 30.3 Å². The summed E-state index contributed by atoms with van der Waals surface area (Å²) in [6.45, 7) is 0.585. The van der Waals surface area contributed by atoms with E-state index in [0.29, 0.717) is 18.7 Å². The van der Waals surface area contributed by atoms with Gasteiger partial charge < -0.3 is 0 Å². The molecular formula is C12H15NO2S2. The number of hydrogen-bond donors (Lipinski definition) is 1. The van der Waals surface area contributed by atoms with Crippen molar-refractivity contribution >= 4 is 34.4 Å². The number of nitrogens with zero attached hydrogens (tertiary/aromatic N) is 1. The first-order chi connectivity index (χ1) is 8.13. The Labute approximate surface area is 108 Å². The Hall–Kier alpha value is -0.940. The zero-order valence-electron chi connectivity index (χ0n) is 9.41. The van der Waals surface area contributed by atoms with Crippen molar-refractivity contribution in [3.8, 4) is 0 Å². The van der Waals surface area contributed by atoms with Crippen molar-refractivity contribution in [3.05, 3.63) is 35.9 Å². The van der Waals surface area contributed by atoms with Gasteiger partial charge in [0.2, 0.25) is 10.0 Å². The van der Waals surface area contributed by atoms with Crippen molar-refractivity contribution in [2.45, 2.75) is 6.42 Å². The molecule has 1 aromatic rings. The number of sulfonamides is 1. The Kier molecular flexibility index (Phi) is 3.79. The topological polar surface area (TPSA) is 37.4 Å². The fraction of sp³-hybridized carbons (Fsp3) is 0.333. The molecule has 0 aliphatic carbocycles. The zero-order chi connectivity index (χ0) is 12.3. The standard InChI is InChI=1S/C12H15NO2S2/c14-17(15)9-3-7-13(17)12-6-1-4-11(10-12)5-2-8-16/h1-2,4-6,10,16H,3,7-9H2. The highest BCUT2D eigenvalue weighted by Gasteiger charge is 2.28. The summed E-state index contributed by atoms with van der Waals surface area (Å²) in [6, 6.07) is 7.55. The number of benzene rings is 1. The summed E-state index contributed by atoms with van der Waals surface area (Å²) >= 11 is 4.10. The molecule has 1 heterocycles. The molecule has 0 amide bonds. The second-order valence-corrected chi connectivity index (χ2v) is 6.30. The molecular weight excluding hydrogens is 254 g/mol. The molecule has 0 N–H and O–H groups in total. The lowest BCUT2D eigenvalue weighted by atomic mass is 10.2. The molecule has 1 aliphatic heterocycles. The van der Waals surface area contributed by atoms with E-state index >= 15 is 0 Å². The van der Waals surface area contributed by atoms with Gasteiger partial charge in [-0.25, -0.2) is 8.42 Å². The molecule has 2 rings (SSSR count). The molecule has 1 aliphatic rings. The van der Waals surface area contributed by atoms with E-state index in [-0.39, 0.29) is 5.75 Å². The Balaban J connectivity index is 2.30. The van der Waals surface area contributed by atoms with Crippen LogP contribution in [-0.2, 0) is 10.0 Å². The first-order valence-electron chi connectivity index (χ1n) is 5.51. The van der Waals surface area contributed by atoms with Crippen LogP contribution >= 0.6 is 12.6 Å². The zero-order valence-corrected chi connectivity index (χ0v) is 11.1. The quantitative estimate of drug-likeness (QED) is 0.854. The summed E-state index contributed by atoms with van der Waals surface area (Å²) in [4.78, 5) is 0. The fourth-order valence-electron chi connectivity index (χ4n) is 1.90. The summed E-state index contributed by atoms with van der Waals surface area (Å²) in [7, 11) is -3.08. The molecule has 0 aromatic heterocycles. The first kappa shape index (κ1) is 12.5. The van der Waals surface area contributed by atoms with E-state index in [2.05, 4.69) is 12.6 Å². The van der Waals surface area contributed by atoms with Crippen LogP contribution in [0.25, 0.3) is 6.08 Å². The molecule has 0 unspecified atom stereocenters. The van der Waals surface area contributed by atoms with Crippen LogP contribution in [0.2, 0.25) is 0 Å². The van der Waals surface area contributed by atoms with Gasteiger partial charge in [-0.05, 0) is 24.1 Å². The number of rotatable bonds is 3. The molecule has 5 heteroatoms. The van der Waals surface area contributed by atoms with E-state index in [1.165, 1.54) is 4.31 Å². The maximum Gasteiger partial charge on any atom is 0.235 e. The minimum Gasteiger partial charge on any atom is -0.270 e. The highest BCUT2D eigenvalue weighted by molar-refractivity contribution is 7.93. The lowest BCUT2D eigenvalue weighted by Gasteiger charge is -2.17. The summed E-state index contributed by atoms with van der Waals surface area (Å²) in [5.74, 6) is 0.927. The molecule has 0 saturated carbocycles. The summed E-state index contributed by atoms with van der Waals surface area (Å²) < 4.78 is 25.1. The van der Waals surface area contributed by atoms with E-state index in [9.17, 15) is 8.42 Å². The average molecular weight is 269 g/mol. The van der Waals surface area contributed by atoms with Gasteiger partial charge in [-0.15, -0.1) is 0 Å². The second-order valence-electron chi connectivity index (χ2n) is 3.92. The highest BCUT2D eigenvalue weighted by Crippen LogP contribution is 2.25. The summed E-state index contributed by atoms with van der Waals surface area (Å²) in [5.41, 5.74) is 1.75. The predicted molar refractivity (Wildman–Crippen MR) is 75.1 cm³/mol. The van der Waals surface area contributed by atoms with Gasteiger partial charge in [0, 0.05) is 12.3 Å². The third-order valence-corrected chi connectivity index (χ3v) is 4.75. The number of thiol groups is 1. The van der Waals surface area contributed by atoms with Crippen LogP contribution in [0.4, 0.5) is 5.69 Å². The van der Waals surface area contributed by atoms with Gasteiger partial charge in [0.1, 0.15) is 0 Å². The Bertz CT molecular complexity index is 523. The molecule has 1 aromatic carbocycles. The van der Waals surface area contributed by atoms with E-state index in [1.54, 1.807) is 0 Å². The van der Waals surface area contributed by atoms with Crippen LogP contribution < -0.4 is 4.31 Å². The molecule has 0 atom stereocenters. The van der Waals surface area contributed by atoms with E-state index in [0.717, 1.165) is 11.3 Å². The molecule has 1 saturated heterocycles. The SMILES string of the molecule is O=S1(=O)CCCN1c1cccc(C=CCS)c1. The molecule has 3 nitrogen and oxygen atoms in total. The Morgan fingerprint density at radius 2 is 2.24 bits per heavy atom. The van der Waals surface area contributed by atoms with Crippen LogP contribution in [0.3, 0.4) is 0 Å².